The molecule has 0 saturated carbocycles. The highest BCUT2D eigenvalue weighted by Gasteiger charge is 2.22. The molecule has 3 aromatic carbocycles. The first-order chi connectivity index (χ1) is 15.3. The van der Waals surface area contributed by atoms with Crippen molar-refractivity contribution in [3.05, 3.63) is 101 Å². The van der Waals surface area contributed by atoms with Crippen LogP contribution in [0.15, 0.2) is 78.9 Å². The molecule has 0 fully saturated rings. The predicted molar refractivity (Wildman–Crippen MR) is 126 cm³/mol. The second kappa shape index (κ2) is 10.6. The van der Waals surface area contributed by atoms with Crippen molar-refractivity contribution in [1.29, 1.82) is 0 Å². The van der Waals surface area contributed by atoms with Gasteiger partial charge in [0.05, 0.1) is 0 Å². The van der Waals surface area contributed by atoms with Crippen LogP contribution in [0.25, 0.3) is 0 Å². The van der Waals surface area contributed by atoms with Crippen LogP contribution in [0.3, 0.4) is 0 Å². The highest BCUT2D eigenvalue weighted by atomic mass is 35.5. The van der Waals surface area contributed by atoms with Crippen LogP contribution < -0.4 is 10.6 Å². The fourth-order valence-electron chi connectivity index (χ4n) is 3.12. The van der Waals surface area contributed by atoms with E-state index in [0.29, 0.717) is 28.3 Å². The largest absolute Gasteiger partial charge is 0.345 e. The molecule has 0 aliphatic rings. The molecule has 0 aromatic heterocycles. The van der Waals surface area contributed by atoms with E-state index in [1.165, 1.54) is 4.90 Å². The molecule has 32 heavy (non-hydrogen) atoms. The average Bonchev–Trinajstić information content (AvgIpc) is 2.79. The van der Waals surface area contributed by atoms with Gasteiger partial charge in [-0.3, -0.25) is 14.4 Å². The van der Waals surface area contributed by atoms with Gasteiger partial charge in [-0.05, 0) is 48.0 Å². The Morgan fingerprint density at radius 2 is 1.56 bits per heavy atom. The third kappa shape index (κ3) is 6.18. The van der Waals surface area contributed by atoms with Crippen LogP contribution in [-0.4, -0.2) is 42.8 Å². The van der Waals surface area contributed by atoms with E-state index < -0.39 is 6.04 Å². The van der Waals surface area contributed by atoms with E-state index in [2.05, 4.69) is 10.6 Å². The van der Waals surface area contributed by atoms with Crippen LogP contribution in [0.5, 0.6) is 0 Å². The van der Waals surface area contributed by atoms with Gasteiger partial charge < -0.3 is 15.5 Å². The van der Waals surface area contributed by atoms with Crippen LogP contribution >= 0.6 is 11.6 Å². The van der Waals surface area contributed by atoms with Gasteiger partial charge in [0.15, 0.2) is 0 Å². The Kier molecular flexibility index (Phi) is 7.63. The summed E-state index contributed by atoms with van der Waals surface area (Å²) in [4.78, 5) is 39.6. The third-order valence-electron chi connectivity index (χ3n) is 4.79. The SMILES string of the molecule is CN(C)C(=O)c1cccc(NC(=O)C(Cc2ccccc2)NC(=O)c2ccc(Cl)cc2)c1. The number of benzene rings is 3. The quantitative estimate of drug-likeness (QED) is 0.571. The number of carbonyl (C=O) groups is 3. The lowest BCUT2D eigenvalue weighted by molar-refractivity contribution is -0.118. The lowest BCUT2D eigenvalue weighted by Gasteiger charge is -2.19. The second-order valence-electron chi connectivity index (χ2n) is 7.49. The number of hydrogen-bond donors (Lipinski definition) is 2. The lowest BCUT2D eigenvalue weighted by Crippen LogP contribution is -2.45. The van der Waals surface area contributed by atoms with E-state index in [1.54, 1.807) is 62.6 Å². The Morgan fingerprint density at radius 1 is 0.875 bits per heavy atom. The maximum absolute atomic E-state index is 13.1. The van der Waals surface area contributed by atoms with Crippen LogP contribution in [0, 0.1) is 0 Å². The molecule has 0 radical (unpaired) electrons. The van der Waals surface area contributed by atoms with E-state index in [-0.39, 0.29) is 17.7 Å². The number of nitrogens with one attached hydrogen (secondary N) is 2. The highest BCUT2D eigenvalue weighted by Crippen LogP contribution is 2.14. The molecule has 0 aliphatic heterocycles. The number of rotatable bonds is 7. The first-order valence-electron chi connectivity index (χ1n) is 10.1. The Hall–Kier alpha value is -3.64. The van der Waals surface area contributed by atoms with Gasteiger partial charge in [-0.2, -0.15) is 0 Å². The summed E-state index contributed by atoms with van der Waals surface area (Å²) in [5.41, 5.74) is 2.23. The molecular formula is C25H24ClN3O3. The Bertz CT molecular complexity index is 1100. The van der Waals surface area contributed by atoms with Crippen LogP contribution in [0.4, 0.5) is 5.69 Å². The first-order valence-corrected chi connectivity index (χ1v) is 10.4. The van der Waals surface area contributed by atoms with Gasteiger partial charge in [0.25, 0.3) is 11.8 Å². The van der Waals surface area contributed by atoms with Gasteiger partial charge in [-0.1, -0.05) is 48.0 Å². The van der Waals surface area contributed by atoms with Crippen molar-refractivity contribution in [3.63, 3.8) is 0 Å². The maximum Gasteiger partial charge on any atom is 0.253 e. The molecule has 164 valence electrons. The van der Waals surface area contributed by atoms with Crippen LogP contribution in [0.2, 0.25) is 5.02 Å². The van der Waals surface area contributed by atoms with Crippen LogP contribution in [0.1, 0.15) is 26.3 Å². The minimum atomic E-state index is -0.825. The number of hydrogen-bond acceptors (Lipinski definition) is 3. The lowest BCUT2D eigenvalue weighted by atomic mass is 10.0. The molecule has 0 saturated heterocycles. The number of nitrogens with zero attached hydrogens (tertiary/aromatic N) is 1. The van der Waals surface area contributed by atoms with Crippen molar-refractivity contribution in [2.75, 3.05) is 19.4 Å². The Balaban J connectivity index is 1.80. The minimum Gasteiger partial charge on any atom is -0.345 e. The fraction of sp³-hybridized carbons (Fsp3) is 0.160. The number of anilines is 1. The summed E-state index contributed by atoms with van der Waals surface area (Å²) in [5, 5.41) is 6.15. The van der Waals surface area contributed by atoms with Gasteiger partial charge in [-0.15, -0.1) is 0 Å². The smallest absolute Gasteiger partial charge is 0.253 e. The van der Waals surface area contributed by atoms with Crippen LogP contribution in [-0.2, 0) is 11.2 Å². The molecule has 1 atom stereocenters. The summed E-state index contributed by atoms with van der Waals surface area (Å²) >= 11 is 5.90. The Labute approximate surface area is 192 Å². The van der Waals surface area contributed by atoms with Gasteiger partial charge in [0, 0.05) is 42.4 Å². The summed E-state index contributed by atoms with van der Waals surface area (Å²) in [6, 6.07) is 21.7. The normalized spacial score (nSPS) is 11.3. The summed E-state index contributed by atoms with van der Waals surface area (Å²) in [6.45, 7) is 0. The molecule has 0 aliphatic carbocycles. The molecule has 1 unspecified atom stereocenters. The number of halogens is 1. The molecule has 3 aromatic rings. The summed E-state index contributed by atoms with van der Waals surface area (Å²) in [5.74, 6) is -0.933. The van der Waals surface area contributed by atoms with E-state index in [4.69, 9.17) is 11.6 Å². The highest BCUT2D eigenvalue weighted by molar-refractivity contribution is 6.30. The van der Waals surface area contributed by atoms with E-state index >= 15 is 0 Å². The zero-order valence-electron chi connectivity index (χ0n) is 17.8. The van der Waals surface area contributed by atoms with Crippen molar-refractivity contribution < 1.29 is 14.4 Å². The fourth-order valence-corrected chi connectivity index (χ4v) is 3.25. The van der Waals surface area contributed by atoms with Crippen molar-refractivity contribution in [1.82, 2.24) is 10.2 Å². The van der Waals surface area contributed by atoms with E-state index in [9.17, 15) is 14.4 Å². The van der Waals surface area contributed by atoms with E-state index in [0.717, 1.165) is 5.56 Å². The van der Waals surface area contributed by atoms with Crippen molar-refractivity contribution >= 4 is 35.0 Å². The standard InChI is InChI=1S/C25H24ClN3O3/c1-29(2)25(32)19-9-6-10-21(16-19)27-24(31)22(15-17-7-4-3-5-8-17)28-23(30)18-11-13-20(26)14-12-18/h3-14,16,22H,15H2,1-2H3,(H,27,31)(H,28,30). The number of amides is 3. The molecular weight excluding hydrogens is 426 g/mol. The third-order valence-corrected chi connectivity index (χ3v) is 5.05. The molecule has 3 rings (SSSR count). The summed E-state index contributed by atoms with van der Waals surface area (Å²) < 4.78 is 0. The topological polar surface area (TPSA) is 78.5 Å². The zero-order valence-corrected chi connectivity index (χ0v) is 18.6. The number of carbonyl (C=O) groups excluding carboxylic acids is 3. The summed E-state index contributed by atoms with van der Waals surface area (Å²) in [7, 11) is 3.32. The van der Waals surface area contributed by atoms with Gasteiger partial charge in [0.2, 0.25) is 5.91 Å². The second-order valence-corrected chi connectivity index (χ2v) is 7.93. The first kappa shape index (κ1) is 23.0. The Morgan fingerprint density at radius 3 is 2.22 bits per heavy atom. The molecule has 0 heterocycles. The summed E-state index contributed by atoms with van der Waals surface area (Å²) in [6.07, 6.45) is 0.308. The predicted octanol–water partition coefficient (Wildman–Crippen LogP) is 4.02. The van der Waals surface area contributed by atoms with Crippen molar-refractivity contribution in [3.8, 4) is 0 Å². The monoisotopic (exact) mass is 449 g/mol. The van der Waals surface area contributed by atoms with Gasteiger partial charge >= 0.3 is 0 Å². The van der Waals surface area contributed by atoms with Gasteiger partial charge in [-0.25, -0.2) is 0 Å². The van der Waals surface area contributed by atoms with Crippen molar-refractivity contribution in [2.45, 2.75) is 12.5 Å². The molecule has 0 bridgehead atoms. The molecule has 7 heteroatoms. The zero-order chi connectivity index (χ0) is 23.1. The van der Waals surface area contributed by atoms with E-state index in [1.807, 2.05) is 30.3 Å². The molecule has 3 amide bonds. The maximum atomic E-state index is 13.1. The average molecular weight is 450 g/mol. The minimum absolute atomic E-state index is 0.169. The van der Waals surface area contributed by atoms with Gasteiger partial charge in [0.1, 0.15) is 6.04 Å². The molecule has 6 nitrogen and oxygen atoms in total. The molecule has 0 spiro atoms. The molecule has 2 N–H and O–H groups in total. The van der Waals surface area contributed by atoms with Crippen molar-refractivity contribution in [2.24, 2.45) is 0 Å².